The zero-order valence-electron chi connectivity index (χ0n) is 9.34. The second kappa shape index (κ2) is 4.14. The Labute approximate surface area is 105 Å². The summed E-state index contributed by atoms with van der Waals surface area (Å²) < 4.78 is 1.85. The summed E-state index contributed by atoms with van der Waals surface area (Å²) in [4.78, 5) is 3.19. The van der Waals surface area contributed by atoms with Gasteiger partial charge in [0.1, 0.15) is 5.65 Å². The molecule has 3 N–H and O–H groups in total. The van der Waals surface area contributed by atoms with Crippen LogP contribution in [0.4, 0.5) is 5.69 Å². The first-order valence-electron chi connectivity index (χ1n) is 5.14. The second-order valence-electron chi connectivity index (χ2n) is 3.84. The van der Waals surface area contributed by atoms with E-state index >= 15 is 0 Å². The molecule has 0 aliphatic rings. The molecule has 0 radical (unpaired) electrons. The van der Waals surface area contributed by atoms with Crippen LogP contribution in [0.5, 0.6) is 0 Å². The number of aromatic nitrogens is 3. The van der Waals surface area contributed by atoms with Gasteiger partial charge in [0.05, 0.1) is 5.69 Å². The Morgan fingerprint density at radius 3 is 2.65 bits per heavy atom. The van der Waals surface area contributed by atoms with E-state index < -0.39 is 0 Å². The summed E-state index contributed by atoms with van der Waals surface area (Å²) in [6, 6.07) is 7.84. The van der Waals surface area contributed by atoms with Crippen molar-refractivity contribution in [3.8, 4) is 11.1 Å². The molecule has 17 heavy (non-hydrogen) atoms. The number of hydrogen-bond acceptors (Lipinski definition) is 2. The predicted octanol–water partition coefficient (Wildman–Crippen LogP) is 2.64. The Hall–Kier alpha value is -1.94. The van der Waals surface area contributed by atoms with Gasteiger partial charge in [-0.25, -0.2) is 4.52 Å². The van der Waals surface area contributed by atoms with E-state index in [0.29, 0.717) is 0 Å². The molecule has 5 heteroatoms. The quantitative estimate of drug-likeness (QED) is 0.651. The molecule has 3 rings (SSSR count). The van der Waals surface area contributed by atoms with Crippen molar-refractivity contribution in [2.75, 3.05) is 5.73 Å². The van der Waals surface area contributed by atoms with Crippen LogP contribution in [0, 0.1) is 6.92 Å². The van der Waals surface area contributed by atoms with E-state index in [9.17, 15) is 0 Å². The molecule has 0 amide bonds. The van der Waals surface area contributed by atoms with Crippen LogP contribution in [-0.2, 0) is 0 Å². The molecular formula is C12H13ClN4. The molecule has 0 aliphatic carbocycles. The average Bonchev–Trinajstić information content (AvgIpc) is 2.79. The fourth-order valence-electron chi connectivity index (χ4n) is 1.98. The van der Waals surface area contributed by atoms with Crippen LogP contribution in [-0.4, -0.2) is 14.6 Å². The van der Waals surface area contributed by atoms with Gasteiger partial charge in [0.2, 0.25) is 0 Å². The number of benzene rings is 1. The summed E-state index contributed by atoms with van der Waals surface area (Å²) in [6.07, 6.45) is 3.78. The first kappa shape index (κ1) is 11.5. The average molecular weight is 249 g/mol. The van der Waals surface area contributed by atoms with Crippen LogP contribution >= 0.6 is 12.4 Å². The summed E-state index contributed by atoms with van der Waals surface area (Å²) in [5, 5.41) is 4.43. The highest BCUT2D eigenvalue weighted by Gasteiger charge is 2.11. The van der Waals surface area contributed by atoms with E-state index in [1.165, 1.54) is 0 Å². The lowest BCUT2D eigenvalue weighted by Gasteiger charge is -2.00. The number of anilines is 1. The van der Waals surface area contributed by atoms with E-state index in [0.717, 1.165) is 28.2 Å². The normalized spacial score (nSPS) is 10.4. The first-order chi connectivity index (χ1) is 7.75. The van der Waals surface area contributed by atoms with Crippen LogP contribution in [0.3, 0.4) is 0 Å². The third-order valence-electron chi connectivity index (χ3n) is 2.72. The molecule has 0 saturated heterocycles. The third kappa shape index (κ3) is 1.76. The summed E-state index contributed by atoms with van der Waals surface area (Å²) in [6.45, 7) is 2.01. The Morgan fingerprint density at radius 1 is 1.24 bits per heavy atom. The summed E-state index contributed by atoms with van der Waals surface area (Å²) in [7, 11) is 0. The number of rotatable bonds is 1. The highest BCUT2D eigenvalue weighted by molar-refractivity contribution is 5.85. The van der Waals surface area contributed by atoms with Gasteiger partial charge >= 0.3 is 0 Å². The lowest BCUT2D eigenvalue weighted by molar-refractivity contribution is 0.945. The van der Waals surface area contributed by atoms with Crippen LogP contribution in [0.25, 0.3) is 16.8 Å². The molecule has 0 aliphatic heterocycles. The van der Waals surface area contributed by atoms with Crippen molar-refractivity contribution in [2.45, 2.75) is 6.92 Å². The molecule has 0 saturated carbocycles. The summed E-state index contributed by atoms with van der Waals surface area (Å²) in [5.74, 6) is 0. The molecule has 3 aromatic rings. The molecule has 0 spiro atoms. The first-order valence-corrected chi connectivity index (χ1v) is 5.14. The van der Waals surface area contributed by atoms with Crippen molar-refractivity contribution in [3.63, 3.8) is 0 Å². The Kier molecular flexibility index (Phi) is 2.81. The minimum absolute atomic E-state index is 0. The van der Waals surface area contributed by atoms with Crippen molar-refractivity contribution < 1.29 is 0 Å². The number of hydrogen-bond donors (Lipinski definition) is 2. The maximum Gasteiger partial charge on any atom is 0.141 e. The number of H-pyrrole nitrogens is 1. The lowest BCUT2D eigenvalue weighted by atomic mass is 10.1. The van der Waals surface area contributed by atoms with Crippen molar-refractivity contribution in [1.82, 2.24) is 14.6 Å². The third-order valence-corrected chi connectivity index (χ3v) is 2.72. The lowest BCUT2D eigenvalue weighted by Crippen LogP contribution is -1.85. The zero-order chi connectivity index (χ0) is 11.1. The maximum absolute atomic E-state index is 5.68. The van der Waals surface area contributed by atoms with Crippen molar-refractivity contribution in [1.29, 1.82) is 0 Å². The van der Waals surface area contributed by atoms with E-state index in [-0.39, 0.29) is 12.4 Å². The number of nitrogens with one attached hydrogen (secondary N) is 1. The van der Waals surface area contributed by atoms with Gasteiger partial charge in [0.15, 0.2) is 0 Å². The smallest absolute Gasteiger partial charge is 0.141 e. The van der Waals surface area contributed by atoms with Gasteiger partial charge in [-0.15, -0.1) is 12.4 Å². The topological polar surface area (TPSA) is 59.1 Å². The number of imidazole rings is 1. The number of aromatic amines is 1. The summed E-state index contributed by atoms with van der Waals surface area (Å²) in [5.41, 5.74) is 10.7. The number of halogens is 1. The fourth-order valence-corrected chi connectivity index (χ4v) is 1.98. The van der Waals surface area contributed by atoms with E-state index in [1.54, 1.807) is 0 Å². The van der Waals surface area contributed by atoms with Crippen LogP contribution in [0.15, 0.2) is 36.7 Å². The van der Waals surface area contributed by atoms with Gasteiger partial charge in [-0.1, -0.05) is 12.1 Å². The number of nitrogens with zero attached hydrogens (tertiary/aromatic N) is 2. The van der Waals surface area contributed by atoms with Gasteiger partial charge < -0.3 is 10.7 Å². The molecule has 0 atom stereocenters. The van der Waals surface area contributed by atoms with Gasteiger partial charge in [0, 0.05) is 23.6 Å². The summed E-state index contributed by atoms with van der Waals surface area (Å²) >= 11 is 0. The number of aryl methyl sites for hydroxylation is 1. The van der Waals surface area contributed by atoms with Gasteiger partial charge in [-0.2, -0.15) is 5.10 Å². The Balaban J connectivity index is 0.00000108. The van der Waals surface area contributed by atoms with Gasteiger partial charge in [-0.05, 0) is 24.6 Å². The van der Waals surface area contributed by atoms with E-state index in [2.05, 4.69) is 10.1 Å². The fraction of sp³-hybridized carbons (Fsp3) is 0.0833. The molecular weight excluding hydrogens is 236 g/mol. The van der Waals surface area contributed by atoms with Crippen molar-refractivity contribution in [2.24, 2.45) is 0 Å². The second-order valence-corrected chi connectivity index (χ2v) is 3.84. The minimum Gasteiger partial charge on any atom is -0.399 e. The number of fused-ring (bicyclic) bond motifs is 1. The van der Waals surface area contributed by atoms with Crippen molar-refractivity contribution in [3.05, 3.63) is 42.4 Å². The van der Waals surface area contributed by atoms with E-state index in [1.807, 2.05) is 48.1 Å². The highest BCUT2D eigenvalue weighted by Crippen LogP contribution is 2.27. The maximum atomic E-state index is 5.68. The highest BCUT2D eigenvalue weighted by atomic mass is 35.5. The molecule has 1 aromatic carbocycles. The van der Waals surface area contributed by atoms with Crippen molar-refractivity contribution >= 4 is 23.7 Å². The van der Waals surface area contributed by atoms with Gasteiger partial charge in [0.25, 0.3) is 0 Å². The van der Waals surface area contributed by atoms with Crippen LogP contribution in [0.2, 0.25) is 0 Å². The number of nitrogen functional groups attached to an aromatic ring is 1. The van der Waals surface area contributed by atoms with E-state index in [4.69, 9.17) is 5.73 Å². The molecule has 0 fully saturated rings. The zero-order valence-corrected chi connectivity index (χ0v) is 10.2. The Bertz CT molecular complexity index is 636. The molecule has 0 unspecified atom stereocenters. The Morgan fingerprint density at radius 2 is 1.94 bits per heavy atom. The standard InChI is InChI=1S/C12H12N4.ClH/c1-8-11(9-2-4-10(13)5-3-9)12-14-6-7-16(12)15-8;/h2-7,14H,13H2,1H3;1H. The minimum atomic E-state index is 0. The molecule has 2 aromatic heterocycles. The van der Waals surface area contributed by atoms with Gasteiger partial charge in [-0.3, -0.25) is 0 Å². The molecule has 4 nitrogen and oxygen atoms in total. The molecule has 2 heterocycles. The number of nitrogens with two attached hydrogens (primary N) is 1. The molecule has 88 valence electrons. The monoisotopic (exact) mass is 248 g/mol. The molecule has 0 bridgehead atoms. The predicted molar refractivity (Wildman–Crippen MR) is 71.4 cm³/mol. The largest absolute Gasteiger partial charge is 0.399 e. The van der Waals surface area contributed by atoms with Crippen LogP contribution in [0.1, 0.15) is 5.69 Å². The SMILES string of the molecule is Cc1nn2cc[nH]c2c1-c1ccc(N)cc1.Cl. The van der Waals surface area contributed by atoms with Crippen LogP contribution < -0.4 is 5.73 Å².